The quantitative estimate of drug-likeness (QED) is 0.517. The number of halogens is 3. The average molecular weight is 502 g/mol. The maximum absolute atomic E-state index is 15.3. The van der Waals surface area contributed by atoms with Crippen molar-refractivity contribution < 1.29 is 23.1 Å². The average Bonchev–Trinajstić information content (AvgIpc) is 2.79. The Morgan fingerprint density at radius 2 is 1.81 bits per heavy atom. The van der Waals surface area contributed by atoms with Gasteiger partial charge in [-0.1, -0.05) is 12.1 Å². The van der Waals surface area contributed by atoms with E-state index in [-0.39, 0.29) is 17.5 Å². The van der Waals surface area contributed by atoms with Gasteiger partial charge in [-0.2, -0.15) is 8.78 Å². The van der Waals surface area contributed by atoms with Crippen LogP contribution in [0.15, 0.2) is 30.3 Å². The molecule has 4 rings (SSSR count). The first-order chi connectivity index (χ1) is 16.6. The van der Waals surface area contributed by atoms with Crippen LogP contribution in [0.1, 0.15) is 50.7 Å². The summed E-state index contributed by atoms with van der Waals surface area (Å²) in [7, 11) is 3.54. The number of carbonyl (C=O) groups is 1. The van der Waals surface area contributed by atoms with Crippen molar-refractivity contribution in [3.8, 4) is 0 Å². The molecule has 3 aromatic rings. The van der Waals surface area contributed by atoms with Crippen LogP contribution >= 0.6 is 0 Å². The van der Waals surface area contributed by atoms with Gasteiger partial charge in [0.2, 0.25) is 5.91 Å². The number of nitrogens with one attached hydrogen (secondary N) is 1. The topological polar surface area (TPSA) is 81.6 Å². The number of nitrogens with zero attached hydrogens (tertiary/aromatic N) is 4. The van der Waals surface area contributed by atoms with Crippen LogP contribution in [0.2, 0.25) is 0 Å². The predicted molar refractivity (Wildman–Crippen MR) is 134 cm³/mol. The van der Waals surface area contributed by atoms with Crippen LogP contribution < -0.4 is 15.1 Å². The smallest absolute Gasteiger partial charge is 0.303 e. The number of alkyl halides is 2. The Morgan fingerprint density at radius 1 is 1.14 bits per heavy atom. The van der Waals surface area contributed by atoms with Gasteiger partial charge >= 0.3 is 5.92 Å². The van der Waals surface area contributed by atoms with Gasteiger partial charge in [-0.15, -0.1) is 0 Å². The fourth-order valence-corrected chi connectivity index (χ4v) is 4.44. The number of likely N-dealkylation sites (N-methyl/N-ethyl adjacent to an activating group) is 2. The highest BCUT2D eigenvalue weighted by atomic mass is 19.3. The van der Waals surface area contributed by atoms with Crippen LogP contribution in [0.25, 0.3) is 10.9 Å². The molecular weight excluding hydrogens is 471 g/mol. The van der Waals surface area contributed by atoms with E-state index in [9.17, 15) is 18.7 Å². The first kappa shape index (κ1) is 25.7. The number of amides is 1. The highest BCUT2D eigenvalue weighted by molar-refractivity contribution is 6.08. The number of aromatic nitrogens is 2. The van der Waals surface area contributed by atoms with Crippen LogP contribution in [0, 0.1) is 12.7 Å². The molecule has 0 fully saturated rings. The molecule has 0 radical (unpaired) electrons. The van der Waals surface area contributed by atoms with Crippen molar-refractivity contribution in [2.24, 2.45) is 0 Å². The SMILES string of the molecule is Cc1nc(N[C@H](C)c2cccc(C(F)(F)C(C)(C)O)c2F)c2cc3c(cc2n1)N(C)[C@H](C)C(=O)N3C. The van der Waals surface area contributed by atoms with Crippen molar-refractivity contribution in [1.29, 1.82) is 0 Å². The van der Waals surface area contributed by atoms with Gasteiger partial charge in [0.1, 0.15) is 29.1 Å². The molecule has 36 heavy (non-hydrogen) atoms. The minimum atomic E-state index is -3.80. The van der Waals surface area contributed by atoms with Gasteiger partial charge in [0, 0.05) is 25.0 Å². The molecule has 2 heterocycles. The summed E-state index contributed by atoms with van der Waals surface area (Å²) in [5, 5.41) is 13.7. The zero-order valence-corrected chi connectivity index (χ0v) is 21.3. The van der Waals surface area contributed by atoms with Crippen LogP contribution in [0.3, 0.4) is 0 Å². The van der Waals surface area contributed by atoms with Gasteiger partial charge < -0.3 is 20.2 Å². The molecular formula is C26H30F3N5O2. The third-order valence-electron chi connectivity index (χ3n) is 6.87. The van der Waals surface area contributed by atoms with E-state index in [1.165, 1.54) is 12.1 Å². The number of aliphatic hydroxyl groups is 1. The number of rotatable bonds is 5. The highest BCUT2D eigenvalue weighted by Gasteiger charge is 2.49. The lowest BCUT2D eigenvalue weighted by Gasteiger charge is -2.38. The Morgan fingerprint density at radius 3 is 2.44 bits per heavy atom. The number of carbonyl (C=O) groups excluding carboxylic acids is 1. The van der Waals surface area contributed by atoms with Crippen LogP contribution in [-0.2, 0) is 10.7 Å². The molecule has 7 nitrogen and oxygen atoms in total. The second kappa shape index (κ2) is 8.62. The molecule has 1 amide bonds. The molecule has 0 saturated carbocycles. The summed E-state index contributed by atoms with van der Waals surface area (Å²) < 4.78 is 44.9. The molecule has 192 valence electrons. The maximum atomic E-state index is 15.3. The Balaban J connectivity index is 1.79. The summed E-state index contributed by atoms with van der Waals surface area (Å²) in [6.45, 7) is 7.07. The van der Waals surface area contributed by atoms with E-state index in [2.05, 4.69) is 15.3 Å². The van der Waals surface area contributed by atoms with Gasteiger partial charge in [0.05, 0.1) is 28.5 Å². The highest BCUT2D eigenvalue weighted by Crippen LogP contribution is 2.42. The molecule has 1 aliphatic rings. The summed E-state index contributed by atoms with van der Waals surface area (Å²) in [6.07, 6.45) is 0. The number of anilines is 3. The van der Waals surface area contributed by atoms with Crippen LogP contribution in [0.4, 0.5) is 30.4 Å². The van der Waals surface area contributed by atoms with Crippen molar-refractivity contribution in [1.82, 2.24) is 9.97 Å². The zero-order chi connectivity index (χ0) is 26.7. The van der Waals surface area contributed by atoms with Crippen molar-refractivity contribution in [3.05, 3.63) is 53.1 Å². The summed E-state index contributed by atoms with van der Waals surface area (Å²) in [4.78, 5) is 25.2. The summed E-state index contributed by atoms with van der Waals surface area (Å²) in [5.41, 5.74) is -1.19. The van der Waals surface area contributed by atoms with E-state index in [0.29, 0.717) is 28.2 Å². The van der Waals surface area contributed by atoms with Gasteiger partial charge in [-0.05, 0) is 52.8 Å². The lowest BCUT2D eigenvalue weighted by Crippen LogP contribution is -2.49. The van der Waals surface area contributed by atoms with E-state index < -0.39 is 28.9 Å². The molecule has 2 N–H and O–H groups in total. The molecule has 2 aromatic carbocycles. The Labute approximate surface area is 208 Å². The number of hydrogen-bond donors (Lipinski definition) is 2. The minimum absolute atomic E-state index is 0.000320. The Kier molecular flexibility index (Phi) is 6.15. The number of hydrogen-bond acceptors (Lipinski definition) is 6. The summed E-state index contributed by atoms with van der Waals surface area (Å²) in [6, 6.07) is 6.32. The molecule has 1 aromatic heterocycles. The van der Waals surface area contributed by atoms with Gasteiger partial charge in [-0.3, -0.25) is 4.79 Å². The predicted octanol–water partition coefficient (Wildman–Crippen LogP) is 4.91. The van der Waals surface area contributed by atoms with E-state index in [1.807, 2.05) is 24.9 Å². The van der Waals surface area contributed by atoms with Crippen LogP contribution in [0.5, 0.6) is 0 Å². The molecule has 0 aliphatic carbocycles. The third kappa shape index (κ3) is 4.03. The van der Waals surface area contributed by atoms with E-state index >= 15 is 4.39 Å². The molecule has 2 atom stereocenters. The molecule has 0 unspecified atom stereocenters. The number of fused-ring (bicyclic) bond motifs is 2. The van der Waals surface area contributed by atoms with E-state index in [1.54, 1.807) is 31.9 Å². The lowest BCUT2D eigenvalue weighted by atomic mass is 9.91. The zero-order valence-electron chi connectivity index (χ0n) is 21.3. The third-order valence-corrected chi connectivity index (χ3v) is 6.87. The molecule has 1 aliphatic heterocycles. The Bertz CT molecular complexity index is 1360. The van der Waals surface area contributed by atoms with Crippen LogP contribution in [-0.4, -0.2) is 46.7 Å². The fraction of sp³-hybridized carbons (Fsp3) is 0.423. The first-order valence-electron chi connectivity index (χ1n) is 11.6. The van der Waals surface area contributed by atoms with Gasteiger partial charge in [0.15, 0.2) is 0 Å². The van der Waals surface area contributed by atoms with Crippen molar-refractivity contribution in [2.45, 2.75) is 58.2 Å². The standard InChI is InChI=1S/C26H30F3N5O2/c1-13(16-9-8-10-18(22(16)27)26(28,29)25(4,5)36)30-23-17-11-20-21(12-19(17)31-15(3)32-23)33(6)14(2)24(35)34(20)7/h8-14,36H,1-7H3,(H,30,31,32)/t13-,14-/m1/s1. The van der Waals surface area contributed by atoms with Gasteiger partial charge in [0.25, 0.3) is 0 Å². The number of benzene rings is 2. The van der Waals surface area contributed by atoms with Gasteiger partial charge in [-0.25, -0.2) is 14.4 Å². The summed E-state index contributed by atoms with van der Waals surface area (Å²) in [5.74, 6) is -4.11. The molecule has 0 bridgehead atoms. The fourth-order valence-electron chi connectivity index (χ4n) is 4.44. The van der Waals surface area contributed by atoms with Crippen molar-refractivity contribution in [3.63, 3.8) is 0 Å². The van der Waals surface area contributed by atoms with E-state index in [0.717, 1.165) is 25.6 Å². The maximum Gasteiger partial charge on any atom is 0.303 e. The van der Waals surface area contributed by atoms with Crippen molar-refractivity contribution in [2.75, 3.05) is 29.2 Å². The second-order valence-electron chi connectivity index (χ2n) is 9.87. The molecule has 0 saturated heterocycles. The number of aryl methyl sites for hydroxylation is 1. The lowest BCUT2D eigenvalue weighted by molar-refractivity contribution is -0.170. The minimum Gasteiger partial charge on any atom is -0.384 e. The summed E-state index contributed by atoms with van der Waals surface area (Å²) >= 11 is 0. The monoisotopic (exact) mass is 501 g/mol. The normalized spacial score (nSPS) is 17.4. The second-order valence-corrected chi connectivity index (χ2v) is 9.87. The van der Waals surface area contributed by atoms with E-state index in [4.69, 9.17) is 0 Å². The Hall–Kier alpha value is -3.40. The molecule has 10 heteroatoms. The first-order valence-corrected chi connectivity index (χ1v) is 11.6. The van der Waals surface area contributed by atoms with Crippen molar-refractivity contribution >= 4 is 34.0 Å². The molecule has 0 spiro atoms. The largest absolute Gasteiger partial charge is 0.384 e.